The van der Waals surface area contributed by atoms with Gasteiger partial charge in [0, 0.05) is 6.54 Å². The highest BCUT2D eigenvalue weighted by molar-refractivity contribution is 7.89. The SMILES string of the molecule is CC1C(=O)Nc2ccc(S(=O)(=O)NCCc3ccc(S(N)(=O)=O)cc3)cc2NC1=O. The van der Waals surface area contributed by atoms with Gasteiger partial charge in [0.05, 0.1) is 21.2 Å². The molecule has 1 unspecified atom stereocenters. The molecule has 12 heteroatoms. The molecular formula is C18H20N4O6S2. The molecule has 0 spiro atoms. The molecule has 1 aliphatic rings. The number of hydrogen-bond donors (Lipinski definition) is 4. The number of fused-ring (bicyclic) bond motifs is 1. The zero-order valence-electron chi connectivity index (χ0n) is 15.9. The number of carbonyl (C=O) groups excluding carboxylic acids is 2. The van der Waals surface area contributed by atoms with E-state index in [1.165, 1.54) is 37.3 Å². The highest BCUT2D eigenvalue weighted by Crippen LogP contribution is 2.28. The predicted octanol–water partition coefficient (Wildman–Crippen LogP) is 0.382. The Balaban J connectivity index is 1.70. The Morgan fingerprint density at radius 1 is 0.900 bits per heavy atom. The highest BCUT2D eigenvalue weighted by Gasteiger charge is 2.27. The molecule has 1 heterocycles. The molecule has 30 heavy (non-hydrogen) atoms. The molecule has 0 aliphatic carbocycles. The topological polar surface area (TPSA) is 165 Å². The van der Waals surface area contributed by atoms with Crippen LogP contribution in [0.2, 0.25) is 0 Å². The lowest BCUT2D eigenvalue weighted by Crippen LogP contribution is -2.28. The molecule has 0 bridgehead atoms. The summed E-state index contributed by atoms with van der Waals surface area (Å²) >= 11 is 0. The summed E-state index contributed by atoms with van der Waals surface area (Å²) in [5.41, 5.74) is 1.22. The van der Waals surface area contributed by atoms with Crippen LogP contribution in [0.3, 0.4) is 0 Å². The summed E-state index contributed by atoms with van der Waals surface area (Å²) in [5.74, 6) is -1.92. The summed E-state index contributed by atoms with van der Waals surface area (Å²) in [6, 6.07) is 9.81. The molecule has 1 atom stereocenters. The number of rotatable bonds is 6. The third-order valence-corrected chi connectivity index (χ3v) is 6.95. The molecular weight excluding hydrogens is 432 g/mol. The van der Waals surface area contributed by atoms with Gasteiger partial charge in [0.15, 0.2) is 0 Å². The molecule has 0 saturated heterocycles. The van der Waals surface area contributed by atoms with E-state index < -0.39 is 37.8 Å². The lowest BCUT2D eigenvalue weighted by molar-refractivity contribution is -0.128. The van der Waals surface area contributed by atoms with Crippen molar-refractivity contribution in [2.45, 2.75) is 23.1 Å². The van der Waals surface area contributed by atoms with Crippen molar-refractivity contribution in [1.29, 1.82) is 0 Å². The van der Waals surface area contributed by atoms with Crippen molar-refractivity contribution in [2.75, 3.05) is 17.2 Å². The van der Waals surface area contributed by atoms with Crippen LogP contribution in [0, 0.1) is 5.92 Å². The van der Waals surface area contributed by atoms with Crippen molar-refractivity contribution in [3.8, 4) is 0 Å². The first-order valence-corrected chi connectivity index (χ1v) is 11.9. The van der Waals surface area contributed by atoms with Crippen molar-refractivity contribution in [2.24, 2.45) is 11.1 Å². The fourth-order valence-corrected chi connectivity index (χ4v) is 4.34. The van der Waals surface area contributed by atoms with Gasteiger partial charge in [-0.3, -0.25) is 9.59 Å². The summed E-state index contributed by atoms with van der Waals surface area (Å²) in [6.07, 6.45) is 0.319. The van der Waals surface area contributed by atoms with E-state index in [0.717, 1.165) is 5.56 Å². The molecule has 0 fully saturated rings. The Morgan fingerprint density at radius 2 is 1.47 bits per heavy atom. The van der Waals surface area contributed by atoms with Crippen LogP contribution in [0.5, 0.6) is 0 Å². The molecule has 1 aliphatic heterocycles. The van der Waals surface area contributed by atoms with Crippen molar-refractivity contribution >= 4 is 43.2 Å². The Kier molecular flexibility index (Phi) is 5.94. The predicted molar refractivity (Wildman–Crippen MR) is 110 cm³/mol. The summed E-state index contributed by atoms with van der Waals surface area (Å²) in [7, 11) is -7.67. The van der Waals surface area contributed by atoms with Gasteiger partial charge in [-0.05, 0) is 49.2 Å². The number of carbonyl (C=O) groups is 2. The first-order valence-electron chi connectivity index (χ1n) is 8.84. The normalized spacial score (nSPS) is 16.9. The average Bonchev–Trinajstić information content (AvgIpc) is 2.77. The summed E-state index contributed by atoms with van der Waals surface area (Å²) in [4.78, 5) is 23.8. The van der Waals surface area contributed by atoms with Gasteiger partial charge in [-0.25, -0.2) is 26.7 Å². The van der Waals surface area contributed by atoms with Crippen molar-refractivity contribution in [3.63, 3.8) is 0 Å². The number of benzene rings is 2. The summed E-state index contributed by atoms with van der Waals surface area (Å²) in [5, 5.41) is 10.2. The summed E-state index contributed by atoms with van der Waals surface area (Å²) in [6.45, 7) is 1.51. The number of anilines is 2. The van der Waals surface area contributed by atoms with Crippen molar-refractivity contribution < 1.29 is 26.4 Å². The van der Waals surface area contributed by atoms with E-state index in [2.05, 4.69) is 15.4 Å². The Morgan fingerprint density at radius 3 is 2.07 bits per heavy atom. The van der Waals surface area contributed by atoms with Crippen LogP contribution in [0.1, 0.15) is 12.5 Å². The maximum atomic E-state index is 12.6. The van der Waals surface area contributed by atoms with Crippen LogP contribution in [0.4, 0.5) is 11.4 Å². The van der Waals surface area contributed by atoms with E-state index in [1.807, 2.05) is 0 Å². The van der Waals surface area contributed by atoms with Crippen LogP contribution in [-0.2, 0) is 36.1 Å². The van der Waals surface area contributed by atoms with Crippen LogP contribution in [-0.4, -0.2) is 35.2 Å². The number of hydrogen-bond acceptors (Lipinski definition) is 6. The number of nitrogens with one attached hydrogen (secondary N) is 3. The third-order valence-electron chi connectivity index (χ3n) is 4.56. The van der Waals surface area contributed by atoms with Crippen molar-refractivity contribution in [3.05, 3.63) is 48.0 Å². The van der Waals surface area contributed by atoms with Gasteiger partial charge in [0.2, 0.25) is 31.9 Å². The molecule has 160 valence electrons. The van der Waals surface area contributed by atoms with Gasteiger partial charge in [0.1, 0.15) is 5.92 Å². The average molecular weight is 453 g/mol. The van der Waals surface area contributed by atoms with Crippen LogP contribution < -0.4 is 20.5 Å². The molecule has 0 radical (unpaired) electrons. The van der Waals surface area contributed by atoms with Crippen LogP contribution in [0.15, 0.2) is 52.3 Å². The maximum absolute atomic E-state index is 12.6. The minimum atomic E-state index is -3.88. The minimum absolute atomic E-state index is 0.0275. The minimum Gasteiger partial charge on any atom is -0.324 e. The molecule has 0 aromatic heterocycles. The van der Waals surface area contributed by atoms with Gasteiger partial charge in [-0.1, -0.05) is 12.1 Å². The molecule has 2 aromatic rings. The molecule has 3 rings (SSSR count). The number of primary sulfonamides is 1. The quantitative estimate of drug-likeness (QED) is 0.463. The maximum Gasteiger partial charge on any atom is 0.240 e. The number of amides is 2. The van der Waals surface area contributed by atoms with E-state index in [0.29, 0.717) is 12.1 Å². The Hall–Kier alpha value is -2.80. The monoisotopic (exact) mass is 452 g/mol. The van der Waals surface area contributed by atoms with E-state index in [9.17, 15) is 26.4 Å². The second-order valence-corrected chi connectivity index (χ2v) is 10.1. The fourth-order valence-electron chi connectivity index (χ4n) is 2.76. The lowest BCUT2D eigenvalue weighted by Gasteiger charge is -2.11. The molecule has 2 amide bonds. The van der Waals surface area contributed by atoms with Gasteiger partial charge >= 0.3 is 0 Å². The van der Waals surface area contributed by atoms with Crippen LogP contribution >= 0.6 is 0 Å². The molecule has 5 N–H and O–H groups in total. The Bertz CT molecular complexity index is 1210. The van der Waals surface area contributed by atoms with Gasteiger partial charge in [-0.2, -0.15) is 0 Å². The second-order valence-electron chi connectivity index (χ2n) is 6.74. The first-order chi connectivity index (χ1) is 14.0. The summed E-state index contributed by atoms with van der Waals surface area (Å²) < 4.78 is 50.1. The van der Waals surface area contributed by atoms with Gasteiger partial charge in [-0.15, -0.1) is 0 Å². The second kappa shape index (κ2) is 8.14. The lowest BCUT2D eigenvalue weighted by atomic mass is 10.1. The van der Waals surface area contributed by atoms with E-state index in [4.69, 9.17) is 5.14 Å². The zero-order chi connectivity index (χ0) is 22.1. The number of sulfonamides is 2. The largest absolute Gasteiger partial charge is 0.324 e. The van der Waals surface area contributed by atoms with E-state index in [1.54, 1.807) is 12.1 Å². The van der Waals surface area contributed by atoms with E-state index >= 15 is 0 Å². The molecule has 10 nitrogen and oxygen atoms in total. The van der Waals surface area contributed by atoms with Gasteiger partial charge in [0.25, 0.3) is 0 Å². The first kappa shape index (κ1) is 21.9. The van der Waals surface area contributed by atoms with Gasteiger partial charge < -0.3 is 10.6 Å². The number of nitrogens with two attached hydrogens (primary N) is 1. The fraction of sp³-hybridized carbons (Fsp3) is 0.222. The Labute approximate surface area is 174 Å². The van der Waals surface area contributed by atoms with E-state index in [-0.39, 0.29) is 22.0 Å². The molecule has 2 aromatic carbocycles. The zero-order valence-corrected chi connectivity index (χ0v) is 17.5. The smallest absolute Gasteiger partial charge is 0.240 e. The van der Waals surface area contributed by atoms with Crippen molar-refractivity contribution in [1.82, 2.24) is 4.72 Å². The standard InChI is InChI=1S/C18H20N4O6S2/c1-11-17(23)21-15-7-6-14(10-16(15)22-18(11)24)30(27,28)20-9-8-12-2-4-13(5-3-12)29(19,25)26/h2-7,10-11,20H,8-9H2,1H3,(H,21,23)(H,22,24)(H2,19,25,26). The highest BCUT2D eigenvalue weighted by atomic mass is 32.2. The molecule has 0 saturated carbocycles. The third kappa shape index (κ3) is 4.84. The van der Waals surface area contributed by atoms with Crippen LogP contribution in [0.25, 0.3) is 0 Å².